The first kappa shape index (κ1) is 14.2. The van der Waals surface area contributed by atoms with E-state index in [2.05, 4.69) is 31.0 Å². The Hall–Kier alpha value is -0.860. The van der Waals surface area contributed by atoms with Crippen LogP contribution in [0.25, 0.3) is 0 Å². The first-order valence-corrected chi connectivity index (χ1v) is 6.91. The molecule has 17 heavy (non-hydrogen) atoms. The van der Waals surface area contributed by atoms with Crippen molar-refractivity contribution in [2.24, 2.45) is 0 Å². The van der Waals surface area contributed by atoms with Gasteiger partial charge < -0.3 is 4.42 Å². The number of hydrogen-bond donors (Lipinski definition) is 0. The summed E-state index contributed by atoms with van der Waals surface area (Å²) in [6.07, 6.45) is 6.39. The standard InChI is InChI=1S/C12H20N2O.C2H6/c1-12(2,3)11-14-13-10(15-11)9-7-5-4-6-8-9;1-2/h9H,4-8H2,1-3H3;1-2H3. The van der Waals surface area contributed by atoms with Crippen LogP contribution in [-0.4, -0.2) is 10.2 Å². The van der Waals surface area contributed by atoms with Gasteiger partial charge in [0.1, 0.15) is 0 Å². The molecule has 1 fully saturated rings. The second-order valence-electron chi connectivity index (χ2n) is 5.53. The van der Waals surface area contributed by atoms with E-state index in [0.717, 1.165) is 11.8 Å². The highest BCUT2D eigenvalue weighted by atomic mass is 16.4. The maximum atomic E-state index is 5.77. The first-order valence-electron chi connectivity index (χ1n) is 6.91. The molecule has 98 valence electrons. The second-order valence-corrected chi connectivity index (χ2v) is 5.53. The molecule has 3 heteroatoms. The number of rotatable bonds is 1. The molecule has 0 radical (unpaired) electrons. The summed E-state index contributed by atoms with van der Waals surface area (Å²) in [4.78, 5) is 0. The Bertz CT molecular complexity index is 319. The predicted octanol–water partition coefficient (Wildman–Crippen LogP) is 4.44. The van der Waals surface area contributed by atoms with Crippen molar-refractivity contribution < 1.29 is 4.42 Å². The molecular weight excluding hydrogens is 212 g/mol. The van der Waals surface area contributed by atoms with E-state index in [-0.39, 0.29) is 5.41 Å². The largest absolute Gasteiger partial charge is 0.424 e. The Morgan fingerprint density at radius 2 is 1.59 bits per heavy atom. The number of aromatic nitrogens is 2. The highest BCUT2D eigenvalue weighted by Crippen LogP contribution is 2.33. The molecule has 3 nitrogen and oxygen atoms in total. The van der Waals surface area contributed by atoms with Crippen LogP contribution in [0, 0.1) is 0 Å². The predicted molar refractivity (Wildman–Crippen MR) is 70.2 cm³/mol. The quantitative estimate of drug-likeness (QED) is 0.726. The fraction of sp³-hybridized carbons (Fsp3) is 0.857. The van der Waals surface area contributed by atoms with E-state index in [1.807, 2.05) is 13.8 Å². The molecule has 1 heterocycles. The molecule has 1 aliphatic carbocycles. The summed E-state index contributed by atoms with van der Waals surface area (Å²) in [5.41, 5.74) is -0.0279. The highest BCUT2D eigenvalue weighted by Gasteiger charge is 2.25. The van der Waals surface area contributed by atoms with Crippen molar-refractivity contribution in [3.05, 3.63) is 11.8 Å². The highest BCUT2D eigenvalue weighted by molar-refractivity contribution is 4.99. The van der Waals surface area contributed by atoms with E-state index in [9.17, 15) is 0 Å². The fourth-order valence-corrected chi connectivity index (χ4v) is 2.05. The summed E-state index contributed by atoms with van der Waals surface area (Å²) < 4.78 is 5.77. The smallest absolute Gasteiger partial charge is 0.221 e. The molecule has 0 unspecified atom stereocenters. The SMILES string of the molecule is CC.CC(C)(C)c1nnc(C2CCCCC2)o1. The molecular formula is C14H26N2O. The van der Waals surface area contributed by atoms with Crippen molar-refractivity contribution in [3.63, 3.8) is 0 Å². The lowest BCUT2D eigenvalue weighted by atomic mass is 9.89. The zero-order valence-electron chi connectivity index (χ0n) is 11.9. The third-order valence-electron chi connectivity index (χ3n) is 3.04. The van der Waals surface area contributed by atoms with Crippen molar-refractivity contribution in [2.75, 3.05) is 0 Å². The molecule has 0 atom stereocenters. The van der Waals surface area contributed by atoms with Crippen LogP contribution in [0.4, 0.5) is 0 Å². The van der Waals surface area contributed by atoms with Gasteiger partial charge in [-0.05, 0) is 12.8 Å². The normalized spacial score (nSPS) is 17.5. The van der Waals surface area contributed by atoms with Crippen LogP contribution in [0.15, 0.2) is 4.42 Å². The molecule has 0 spiro atoms. The van der Waals surface area contributed by atoms with Gasteiger partial charge in [0.15, 0.2) is 0 Å². The first-order chi connectivity index (χ1) is 8.07. The Balaban J connectivity index is 0.000000686. The zero-order chi connectivity index (χ0) is 12.9. The van der Waals surface area contributed by atoms with E-state index in [0.29, 0.717) is 5.92 Å². The van der Waals surface area contributed by atoms with Crippen LogP contribution < -0.4 is 0 Å². The third kappa shape index (κ3) is 3.83. The molecule has 0 N–H and O–H groups in total. The molecule has 0 aromatic carbocycles. The van der Waals surface area contributed by atoms with Crippen LogP contribution in [0.5, 0.6) is 0 Å². The average Bonchev–Trinajstić information content (AvgIpc) is 2.82. The van der Waals surface area contributed by atoms with Crippen LogP contribution in [-0.2, 0) is 5.41 Å². The average molecular weight is 238 g/mol. The maximum Gasteiger partial charge on any atom is 0.221 e. The summed E-state index contributed by atoms with van der Waals surface area (Å²) in [6, 6.07) is 0. The van der Waals surface area contributed by atoms with Gasteiger partial charge in [0, 0.05) is 11.3 Å². The van der Waals surface area contributed by atoms with E-state index in [1.54, 1.807) is 0 Å². The zero-order valence-corrected chi connectivity index (χ0v) is 11.9. The summed E-state index contributed by atoms with van der Waals surface area (Å²) >= 11 is 0. The van der Waals surface area contributed by atoms with E-state index in [1.165, 1.54) is 32.1 Å². The molecule has 1 aromatic rings. The van der Waals surface area contributed by atoms with Gasteiger partial charge in [-0.15, -0.1) is 10.2 Å². The van der Waals surface area contributed by atoms with Crippen molar-refractivity contribution in [3.8, 4) is 0 Å². The fourth-order valence-electron chi connectivity index (χ4n) is 2.05. The second kappa shape index (κ2) is 6.18. The minimum Gasteiger partial charge on any atom is -0.424 e. The maximum absolute atomic E-state index is 5.77. The summed E-state index contributed by atoms with van der Waals surface area (Å²) in [5, 5.41) is 8.34. The lowest BCUT2D eigenvalue weighted by Gasteiger charge is -2.18. The summed E-state index contributed by atoms with van der Waals surface area (Å²) in [6.45, 7) is 10.3. The van der Waals surface area contributed by atoms with Gasteiger partial charge in [-0.3, -0.25) is 0 Å². The van der Waals surface area contributed by atoms with Crippen molar-refractivity contribution in [2.45, 2.75) is 78.1 Å². The van der Waals surface area contributed by atoms with Gasteiger partial charge in [-0.2, -0.15) is 0 Å². The third-order valence-corrected chi connectivity index (χ3v) is 3.04. The molecule has 1 aromatic heterocycles. The van der Waals surface area contributed by atoms with E-state index in [4.69, 9.17) is 4.42 Å². The Morgan fingerprint density at radius 1 is 1.00 bits per heavy atom. The molecule has 0 bridgehead atoms. The lowest BCUT2D eigenvalue weighted by molar-refractivity contribution is 0.323. The number of hydrogen-bond acceptors (Lipinski definition) is 3. The molecule has 0 saturated heterocycles. The lowest BCUT2D eigenvalue weighted by Crippen LogP contribution is -2.11. The van der Waals surface area contributed by atoms with Crippen molar-refractivity contribution >= 4 is 0 Å². The van der Waals surface area contributed by atoms with Crippen LogP contribution in [0.3, 0.4) is 0 Å². The summed E-state index contributed by atoms with van der Waals surface area (Å²) in [5.74, 6) is 2.14. The van der Waals surface area contributed by atoms with Crippen molar-refractivity contribution in [1.29, 1.82) is 0 Å². The van der Waals surface area contributed by atoms with Crippen LogP contribution >= 0.6 is 0 Å². The van der Waals surface area contributed by atoms with Crippen molar-refractivity contribution in [1.82, 2.24) is 10.2 Å². The molecule has 0 amide bonds. The van der Waals surface area contributed by atoms with E-state index < -0.39 is 0 Å². The van der Waals surface area contributed by atoms with Gasteiger partial charge in [-0.1, -0.05) is 53.9 Å². The molecule has 0 aliphatic heterocycles. The van der Waals surface area contributed by atoms with Crippen LogP contribution in [0.2, 0.25) is 0 Å². The summed E-state index contributed by atoms with van der Waals surface area (Å²) in [7, 11) is 0. The number of nitrogens with zero attached hydrogens (tertiary/aromatic N) is 2. The molecule has 1 saturated carbocycles. The van der Waals surface area contributed by atoms with Gasteiger partial charge in [0.2, 0.25) is 11.8 Å². The van der Waals surface area contributed by atoms with E-state index >= 15 is 0 Å². The van der Waals surface area contributed by atoms with Crippen LogP contribution in [0.1, 0.15) is 84.4 Å². The van der Waals surface area contributed by atoms with Gasteiger partial charge in [-0.25, -0.2) is 0 Å². The minimum absolute atomic E-state index is 0.0279. The monoisotopic (exact) mass is 238 g/mol. The topological polar surface area (TPSA) is 38.9 Å². The Morgan fingerprint density at radius 3 is 2.06 bits per heavy atom. The Kier molecular flexibility index (Phi) is 5.16. The molecule has 2 rings (SSSR count). The van der Waals surface area contributed by atoms with Gasteiger partial charge >= 0.3 is 0 Å². The Labute approximate surface area is 105 Å². The minimum atomic E-state index is -0.0279. The molecule has 1 aliphatic rings. The van der Waals surface area contributed by atoms with Gasteiger partial charge in [0.05, 0.1) is 0 Å². The van der Waals surface area contributed by atoms with Gasteiger partial charge in [0.25, 0.3) is 0 Å².